The number of sulfonamides is 1. The summed E-state index contributed by atoms with van der Waals surface area (Å²) in [6.45, 7) is 5.32. The number of hydrogen-bond donors (Lipinski definition) is 2. The summed E-state index contributed by atoms with van der Waals surface area (Å²) in [5, 5.41) is 3.04. The number of nitrogens with zero attached hydrogens (tertiary/aromatic N) is 1. The van der Waals surface area contributed by atoms with Gasteiger partial charge in [-0.1, -0.05) is 17.7 Å². The van der Waals surface area contributed by atoms with E-state index in [1.54, 1.807) is 38.8 Å². The van der Waals surface area contributed by atoms with Crippen molar-refractivity contribution in [2.75, 3.05) is 12.4 Å². The SMILES string of the molecule is CC(C)NS(=O)(=O)c1ccc(NC(=O)C(C)N(C)Cc2c(F)cccc2Cl)cc1. The molecule has 1 amide bonds. The lowest BCUT2D eigenvalue weighted by atomic mass is 10.1. The van der Waals surface area contributed by atoms with Crippen molar-refractivity contribution in [3.63, 3.8) is 0 Å². The Morgan fingerprint density at radius 3 is 2.31 bits per heavy atom. The first-order valence-electron chi connectivity index (χ1n) is 9.07. The molecular formula is C20H25ClFN3O3S. The van der Waals surface area contributed by atoms with Gasteiger partial charge in [0, 0.05) is 28.9 Å². The highest BCUT2D eigenvalue weighted by atomic mass is 35.5. The van der Waals surface area contributed by atoms with E-state index in [1.807, 2.05) is 0 Å². The van der Waals surface area contributed by atoms with Gasteiger partial charge in [0.15, 0.2) is 0 Å². The maximum absolute atomic E-state index is 14.0. The summed E-state index contributed by atoms with van der Waals surface area (Å²) in [7, 11) is -1.90. The van der Waals surface area contributed by atoms with Crippen LogP contribution < -0.4 is 10.0 Å². The van der Waals surface area contributed by atoms with Crippen molar-refractivity contribution < 1.29 is 17.6 Å². The molecule has 0 heterocycles. The number of benzene rings is 2. The number of carbonyl (C=O) groups excluding carboxylic acids is 1. The van der Waals surface area contributed by atoms with E-state index in [2.05, 4.69) is 10.0 Å². The molecule has 0 spiro atoms. The number of rotatable bonds is 8. The topological polar surface area (TPSA) is 78.5 Å². The van der Waals surface area contributed by atoms with Crippen molar-refractivity contribution in [3.05, 3.63) is 58.9 Å². The van der Waals surface area contributed by atoms with Gasteiger partial charge in [-0.15, -0.1) is 0 Å². The second kappa shape index (κ2) is 9.67. The number of amides is 1. The van der Waals surface area contributed by atoms with E-state index in [-0.39, 0.29) is 23.4 Å². The van der Waals surface area contributed by atoms with Crippen LogP contribution in [0, 0.1) is 5.82 Å². The molecule has 1 atom stereocenters. The molecule has 0 aliphatic rings. The van der Waals surface area contributed by atoms with Crippen LogP contribution in [-0.4, -0.2) is 38.4 Å². The molecule has 0 aliphatic carbocycles. The third kappa shape index (κ3) is 6.24. The monoisotopic (exact) mass is 441 g/mol. The minimum absolute atomic E-state index is 0.114. The summed E-state index contributed by atoms with van der Waals surface area (Å²) < 4.78 is 40.8. The Morgan fingerprint density at radius 2 is 1.76 bits per heavy atom. The lowest BCUT2D eigenvalue weighted by molar-refractivity contribution is -0.120. The molecule has 0 radical (unpaired) electrons. The molecule has 1 unspecified atom stereocenters. The number of likely N-dealkylation sites (N-methyl/N-ethyl adjacent to an activating group) is 1. The number of hydrogen-bond acceptors (Lipinski definition) is 4. The number of anilines is 1. The Balaban J connectivity index is 2.04. The standard InChI is InChI=1S/C20H25ClFN3O3S/c1-13(2)24-29(27,28)16-10-8-15(9-11-16)23-20(26)14(3)25(4)12-17-18(21)6-5-7-19(17)22/h5-11,13-14,24H,12H2,1-4H3,(H,23,26). The van der Waals surface area contributed by atoms with E-state index in [0.29, 0.717) is 16.3 Å². The van der Waals surface area contributed by atoms with Gasteiger partial charge in [0.05, 0.1) is 10.9 Å². The molecule has 2 aromatic carbocycles. The van der Waals surface area contributed by atoms with E-state index in [1.165, 1.54) is 36.4 Å². The zero-order chi connectivity index (χ0) is 21.8. The molecule has 0 bridgehead atoms. The Morgan fingerprint density at radius 1 is 1.14 bits per heavy atom. The first-order valence-corrected chi connectivity index (χ1v) is 10.9. The van der Waals surface area contributed by atoms with Crippen LogP contribution >= 0.6 is 11.6 Å². The fourth-order valence-corrected chi connectivity index (χ4v) is 4.09. The minimum atomic E-state index is -3.60. The van der Waals surface area contributed by atoms with E-state index in [9.17, 15) is 17.6 Å². The van der Waals surface area contributed by atoms with Gasteiger partial charge in [0.25, 0.3) is 0 Å². The van der Waals surface area contributed by atoms with Gasteiger partial charge in [-0.25, -0.2) is 17.5 Å². The van der Waals surface area contributed by atoms with E-state index in [4.69, 9.17) is 11.6 Å². The Labute approximate surface area is 176 Å². The largest absolute Gasteiger partial charge is 0.325 e. The van der Waals surface area contributed by atoms with E-state index in [0.717, 1.165) is 0 Å². The molecule has 0 saturated heterocycles. The predicted molar refractivity (Wildman–Crippen MR) is 113 cm³/mol. The van der Waals surface area contributed by atoms with Crippen molar-refractivity contribution in [1.29, 1.82) is 0 Å². The molecule has 2 rings (SSSR count). The van der Waals surface area contributed by atoms with E-state index >= 15 is 0 Å². The summed E-state index contributed by atoms with van der Waals surface area (Å²) in [6.07, 6.45) is 0. The quantitative estimate of drug-likeness (QED) is 0.655. The summed E-state index contributed by atoms with van der Waals surface area (Å²) in [5.74, 6) is -0.736. The lowest BCUT2D eigenvalue weighted by Gasteiger charge is -2.24. The van der Waals surface area contributed by atoms with Crippen molar-refractivity contribution in [2.24, 2.45) is 0 Å². The highest BCUT2D eigenvalue weighted by Gasteiger charge is 2.21. The van der Waals surface area contributed by atoms with Gasteiger partial charge in [-0.3, -0.25) is 9.69 Å². The number of halogens is 2. The minimum Gasteiger partial charge on any atom is -0.325 e. The first-order chi connectivity index (χ1) is 13.5. The van der Waals surface area contributed by atoms with Crippen LogP contribution in [0.2, 0.25) is 5.02 Å². The second-order valence-electron chi connectivity index (χ2n) is 7.08. The van der Waals surface area contributed by atoms with Crippen LogP contribution in [0.25, 0.3) is 0 Å². The third-order valence-electron chi connectivity index (χ3n) is 4.33. The first kappa shape index (κ1) is 23.3. The van der Waals surface area contributed by atoms with Gasteiger partial charge in [0.2, 0.25) is 15.9 Å². The maximum atomic E-state index is 14.0. The van der Waals surface area contributed by atoms with Gasteiger partial charge >= 0.3 is 0 Å². The smallest absolute Gasteiger partial charge is 0.241 e. The van der Waals surface area contributed by atoms with Crippen molar-refractivity contribution in [1.82, 2.24) is 9.62 Å². The zero-order valence-electron chi connectivity index (χ0n) is 16.7. The van der Waals surface area contributed by atoms with Crippen LogP contribution in [0.3, 0.4) is 0 Å². The van der Waals surface area contributed by atoms with Crippen LogP contribution in [0.1, 0.15) is 26.3 Å². The molecule has 29 heavy (non-hydrogen) atoms. The number of nitrogens with one attached hydrogen (secondary N) is 2. The molecule has 9 heteroatoms. The Hall–Kier alpha value is -2.00. The van der Waals surface area contributed by atoms with E-state index < -0.39 is 21.9 Å². The summed E-state index contributed by atoms with van der Waals surface area (Å²) in [6, 6.07) is 9.54. The van der Waals surface area contributed by atoms with Gasteiger partial charge < -0.3 is 5.32 Å². The molecule has 6 nitrogen and oxygen atoms in total. The normalized spacial score (nSPS) is 13.0. The molecule has 0 aliphatic heterocycles. The highest BCUT2D eigenvalue weighted by molar-refractivity contribution is 7.89. The third-order valence-corrected chi connectivity index (χ3v) is 6.36. The highest BCUT2D eigenvalue weighted by Crippen LogP contribution is 2.21. The summed E-state index contributed by atoms with van der Waals surface area (Å²) in [4.78, 5) is 14.3. The second-order valence-corrected chi connectivity index (χ2v) is 9.20. The molecular weight excluding hydrogens is 417 g/mol. The molecule has 0 aromatic heterocycles. The fourth-order valence-electron chi connectivity index (χ4n) is 2.61. The van der Waals surface area contributed by atoms with Gasteiger partial charge in [-0.2, -0.15) is 0 Å². The summed E-state index contributed by atoms with van der Waals surface area (Å²) >= 11 is 6.05. The van der Waals surface area contributed by atoms with Crippen LogP contribution in [0.15, 0.2) is 47.4 Å². The van der Waals surface area contributed by atoms with Crippen molar-refractivity contribution in [3.8, 4) is 0 Å². The predicted octanol–water partition coefficient (Wildman–Crippen LogP) is 3.62. The van der Waals surface area contributed by atoms with Crippen molar-refractivity contribution in [2.45, 2.75) is 44.3 Å². The molecule has 158 valence electrons. The van der Waals surface area contributed by atoms with Gasteiger partial charge in [0.1, 0.15) is 5.82 Å². The Kier molecular flexibility index (Phi) is 7.76. The van der Waals surface area contributed by atoms with Crippen LogP contribution in [0.5, 0.6) is 0 Å². The summed E-state index contributed by atoms with van der Waals surface area (Å²) in [5.41, 5.74) is 0.784. The van der Waals surface area contributed by atoms with Gasteiger partial charge in [-0.05, 0) is 64.2 Å². The zero-order valence-corrected chi connectivity index (χ0v) is 18.3. The Bertz CT molecular complexity index is 945. The maximum Gasteiger partial charge on any atom is 0.241 e. The van der Waals surface area contributed by atoms with Crippen molar-refractivity contribution >= 4 is 33.2 Å². The molecule has 0 fully saturated rings. The molecule has 0 saturated carbocycles. The molecule has 2 N–H and O–H groups in total. The number of carbonyl (C=O) groups is 1. The van der Waals surface area contributed by atoms with Crippen LogP contribution in [0.4, 0.5) is 10.1 Å². The average Bonchev–Trinajstić information content (AvgIpc) is 2.63. The molecule has 2 aromatic rings. The fraction of sp³-hybridized carbons (Fsp3) is 0.350. The van der Waals surface area contributed by atoms with Crippen LogP contribution in [-0.2, 0) is 21.4 Å². The lowest BCUT2D eigenvalue weighted by Crippen LogP contribution is -2.39. The average molecular weight is 442 g/mol.